The molecule has 2 aromatic carbocycles. The maximum Gasteiger partial charge on any atom is 0.313 e. The van der Waals surface area contributed by atoms with Crippen LogP contribution in [0.15, 0.2) is 60.7 Å². The Balaban J connectivity index is 2.26. The van der Waals surface area contributed by atoms with Gasteiger partial charge in [0.25, 0.3) is 0 Å². The van der Waals surface area contributed by atoms with Gasteiger partial charge in [-0.1, -0.05) is 60.7 Å². The Morgan fingerprint density at radius 3 is 2.09 bits per heavy atom. The maximum absolute atomic E-state index is 12.6. The van der Waals surface area contributed by atoms with E-state index in [4.69, 9.17) is 4.74 Å². The smallest absolute Gasteiger partial charge is 0.313 e. The predicted molar refractivity (Wildman–Crippen MR) is 89.4 cm³/mol. The summed E-state index contributed by atoms with van der Waals surface area (Å²) in [6.45, 7) is 0. The van der Waals surface area contributed by atoms with Crippen molar-refractivity contribution in [2.24, 2.45) is 5.92 Å². The summed E-state index contributed by atoms with van der Waals surface area (Å²) in [7, 11) is 1.39. The number of carbonyl (C=O) groups is 2. The Morgan fingerprint density at radius 1 is 0.957 bits per heavy atom. The topological polar surface area (TPSA) is 43.4 Å². The molecule has 3 heteroatoms. The molecule has 23 heavy (non-hydrogen) atoms. The Hall–Kier alpha value is -2.68. The van der Waals surface area contributed by atoms with Crippen LogP contribution in [-0.2, 0) is 14.3 Å². The van der Waals surface area contributed by atoms with Crippen molar-refractivity contribution in [3.05, 3.63) is 71.8 Å². The monoisotopic (exact) mass is 306 g/mol. The number of allylic oxidation sites excluding steroid dienone is 1. The molecule has 1 aliphatic rings. The van der Waals surface area contributed by atoms with Crippen LogP contribution in [-0.4, -0.2) is 18.9 Å². The zero-order valence-electron chi connectivity index (χ0n) is 13.0. The fraction of sp³-hybridized carbons (Fsp3) is 0.200. The molecule has 1 atom stereocenters. The first-order valence-electron chi connectivity index (χ1n) is 7.68. The summed E-state index contributed by atoms with van der Waals surface area (Å²) in [4.78, 5) is 24.9. The van der Waals surface area contributed by atoms with Gasteiger partial charge in [-0.3, -0.25) is 9.59 Å². The number of rotatable bonds is 3. The van der Waals surface area contributed by atoms with E-state index >= 15 is 0 Å². The molecule has 0 bridgehead atoms. The van der Waals surface area contributed by atoms with Gasteiger partial charge in [-0.25, -0.2) is 0 Å². The number of methoxy groups -OCH3 is 1. The molecule has 0 aromatic heterocycles. The number of hydrogen-bond donors (Lipinski definition) is 0. The average molecular weight is 306 g/mol. The summed E-state index contributed by atoms with van der Waals surface area (Å²) in [5, 5.41) is 0. The highest BCUT2D eigenvalue weighted by Gasteiger charge is 2.34. The van der Waals surface area contributed by atoms with Gasteiger partial charge in [0.1, 0.15) is 0 Å². The molecule has 0 saturated carbocycles. The van der Waals surface area contributed by atoms with Crippen molar-refractivity contribution < 1.29 is 14.3 Å². The minimum atomic E-state index is -0.407. The molecule has 0 radical (unpaired) electrons. The molecular weight excluding hydrogens is 288 g/mol. The van der Waals surface area contributed by atoms with Crippen molar-refractivity contribution in [1.29, 1.82) is 0 Å². The van der Waals surface area contributed by atoms with E-state index in [1.54, 1.807) is 0 Å². The molecule has 116 valence electrons. The maximum atomic E-state index is 12.6. The van der Waals surface area contributed by atoms with Crippen LogP contribution in [0.2, 0.25) is 0 Å². The number of carbonyl (C=O) groups excluding carboxylic acids is 2. The summed E-state index contributed by atoms with van der Waals surface area (Å²) < 4.78 is 4.98. The van der Waals surface area contributed by atoms with E-state index < -0.39 is 5.92 Å². The molecule has 0 aliphatic heterocycles. The van der Waals surface area contributed by atoms with E-state index in [0.717, 1.165) is 16.7 Å². The molecule has 0 amide bonds. The zero-order valence-corrected chi connectivity index (χ0v) is 13.0. The van der Waals surface area contributed by atoms with Crippen molar-refractivity contribution in [2.45, 2.75) is 12.8 Å². The molecule has 3 nitrogen and oxygen atoms in total. The first kappa shape index (κ1) is 15.2. The average Bonchev–Trinajstić information content (AvgIpc) is 2.62. The van der Waals surface area contributed by atoms with E-state index in [-0.39, 0.29) is 11.8 Å². The molecule has 0 heterocycles. The van der Waals surface area contributed by atoms with Crippen molar-refractivity contribution in [3.8, 4) is 0 Å². The summed E-state index contributed by atoms with van der Waals surface area (Å²) in [5.41, 5.74) is 3.16. The third-order valence-corrected chi connectivity index (χ3v) is 4.19. The number of benzene rings is 2. The molecule has 0 N–H and O–H groups in total. The van der Waals surface area contributed by atoms with E-state index in [0.29, 0.717) is 18.4 Å². The molecular formula is C20H18O3. The van der Waals surface area contributed by atoms with Crippen LogP contribution < -0.4 is 0 Å². The highest BCUT2D eigenvalue weighted by Crippen LogP contribution is 2.40. The number of hydrogen-bond acceptors (Lipinski definition) is 3. The second-order valence-corrected chi connectivity index (χ2v) is 5.56. The third kappa shape index (κ3) is 2.95. The van der Waals surface area contributed by atoms with Crippen LogP contribution in [0, 0.1) is 5.92 Å². The first-order valence-corrected chi connectivity index (χ1v) is 7.68. The standard InChI is InChI=1S/C20H18O3/c1-23-20(22)16-12-13-17(21)19(15-10-6-3-7-11-15)18(16)14-8-4-2-5-9-14/h2-11,16H,12-13H2,1H3. The van der Waals surface area contributed by atoms with Gasteiger partial charge in [0.2, 0.25) is 0 Å². The summed E-state index contributed by atoms with van der Waals surface area (Å²) in [5.74, 6) is -0.615. The number of ketones is 1. The van der Waals surface area contributed by atoms with Gasteiger partial charge >= 0.3 is 5.97 Å². The van der Waals surface area contributed by atoms with Gasteiger partial charge in [-0.15, -0.1) is 0 Å². The molecule has 0 spiro atoms. The van der Waals surface area contributed by atoms with Crippen molar-refractivity contribution in [2.75, 3.05) is 7.11 Å². The number of esters is 1. The summed E-state index contributed by atoms with van der Waals surface area (Å²) >= 11 is 0. The van der Waals surface area contributed by atoms with Gasteiger partial charge in [0.15, 0.2) is 5.78 Å². The van der Waals surface area contributed by atoms with Crippen LogP contribution in [0.5, 0.6) is 0 Å². The normalized spacial score (nSPS) is 18.0. The number of ether oxygens (including phenoxy) is 1. The van der Waals surface area contributed by atoms with E-state index in [1.807, 2.05) is 60.7 Å². The Kier molecular flexibility index (Phi) is 4.38. The van der Waals surface area contributed by atoms with Crippen LogP contribution in [0.1, 0.15) is 24.0 Å². The van der Waals surface area contributed by atoms with Crippen LogP contribution in [0.3, 0.4) is 0 Å². The van der Waals surface area contributed by atoms with E-state index in [1.165, 1.54) is 7.11 Å². The Morgan fingerprint density at radius 2 is 1.52 bits per heavy atom. The van der Waals surface area contributed by atoms with Gasteiger partial charge < -0.3 is 4.74 Å². The predicted octanol–water partition coefficient (Wildman–Crippen LogP) is 3.75. The van der Waals surface area contributed by atoms with Crippen LogP contribution in [0.4, 0.5) is 0 Å². The van der Waals surface area contributed by atoms with Crippen molar-refractivity contribution in [3.63, 3.8) is 0 Å². The third-order valence-electron chi connectivity index (χ3n) is 4.19. The van der Waals surface area contributed by atoms with E-state index in [2.05, 4.69) is 0 Å². The van der Waals surface area contributed by atoms with Crippen molar-refractivity contribution >= 4 is 22.9 Å². The van der Waals surface area contributed by atoms with Crippen molar-refractivity contribution in [1.82, 2.24) is 0 Å². The van der Waals surface area contributed by atoms with Gasteiger partial charge in [-0.2, -0.15) is 0 Å². The molecule has 0 fully saturated rings. The minimum Gasteiger partial charge on any atom is -0.469 e. The minimum absolute atomic E-state index is 0.0789. The Bertz CT molecular complexity index is 745. The largest absolute Gasteiger partial charge is 0.469 e. The quantitative estimate of drug-likeness (QED) is 0.811. The van der Waals surface area contributed by atoms with Gasteiger partial charge in [0.05, 0.1) is 13.0 Å². The second kappa shape index (κ2) is 6.61. The molecule has 3 rings (SSSR count). The Labute approximate surface area is 135 Å². The van der Waals surface area contributed by atoms with Crippen LogP contribution >= 0.6 is 0 Å². The highest BCUT2D eigenvalue weighted by atomic mass is 16.5. The zero-order chi connectivity index (χ0) is 16.2. The lowest BCUT2D eigenvalue weighted by molar-refractivity contribution is -0.143. The van der Waals surface area contributed by atoms with Crippen LogP contribution in [0.25, 0.3) is 11.1 Å². The number of Topliss-reactive ketones (excluding diaryl/α,β-unsaturated/α-hetero) is 1. The molecule has 0 saturated heterocycles. The first-order chi connectivity index (χ1) is 11.2. The highest BCUT2D eigenvalue weighted by molar-refractivity contribution is 6.30. The fourth-order valence-electron chi connectivity index (χ4n) is 3.13. The SMILES string of the molecule is COC(=O)C1CCC(=O)C(c2ccccc2)=C1c1ccccc1. The fourth-order valence-corrected chi connectivity index (χ4v) is 3.13. The molecule has 2 aromatic rings. The summed E-state index contributed by atoms with van der Waals surface area (Å²) in [6, 6.07) is 19.2. The van der Waals surface area contributed by atoms with Gasteiger partial charge in [0, 0.05) is 12.0 Å². The molecule has 1 aliphatic carbocycles. The second-order valence-electron chi connectivity index (χ2n) is 5.56. The lowest BCUT2D eigenvalue weighted by Crippen LogP contribution is -2.25. The lowest BCUT2D eigenvalue weighted by atomic mass is 9.76. The van der Waals surface area contributed by atoms with Gasteiger partial charge in [-0.05, 0) is 23.1 Å². The lowest BCUT2D eigenvalue weighted by Gasteiger charge is -2.27. The van der Waals surface area contributed by atoms with E-state index in [9.17, 15) is 9.59 Å². The summed E-state index contributed by atoms with van der Waals surface area (Å²) in [6.07, 6.45) is 0.854. The molecule has 1 unspecified atom stereocenters.